The number of carbonyl (C=O) groups excluding carboxylic acids is 2. The maximum Gasteiger partial charge on any atom is 0.341 e. The summed E-state index contributed by atoms with van der Waals surface area (Å²) in [6, 6.07) is 6.52. The number of esters is 1. The third kappa shape index (κ3) is 4.91. The molecule has 1 amide bonds. The van der Waals surface area contributed by atoms with Crippen molar-refractivity contribution >= 4 is 63.0 Å². The van der Waals surface area contributed by atoms with Crippen LogP contribution in [0.15, 0.2) is 24.3 Å². The van der Waals surface area contributed by atoms with Crippen LogP contribution in [-0.4, -0.2) is 36.1 Å². The third-order valence-corrected chi connectivity index (χ3v) is 6.42. The van der Waals surface area contributed by atoms with Crippen LogP contribution in [0.3, 0.4) is 0 Å². The molecule has 0 saturated carbocycles. The number of benzene rings is 1. The average Bonchev–Trinajstić information content (AvgIpc) is 3.27. The highest BCUT2D eigenvalue weighted by atomic mass is 35.6. The molecule has 0 fully saturated rings. The summed E-state index contributed by atoms with van der Waals surface area (Å²) in [6.07, 6.45) is 1.56. The zero-order valence-electron chi connectivity index (χ0n) is 15.7. The Bertz CT molecular complexity index is 909. The van der Waals surface area contributed by atoms with Gasteiger partial charge >= 0.3 is 5.97 Å². The van der Waals surface area contributed by atoms with E-state index in [1.54, 1.807) is 24.3 Å². The number of ether oxygens (including phenoxy) is 2. The second kappa shape index (κ2) is 9.00. The van der Waals surface area contributed by atoms with Gasteiger partial charge in [0.1, 0.15) is 16.9 Å². The molecular formula is C19H19Cl3N2O4S. The monoisotopic (exact) mass is 476 g/mol. The normalized spacial score (nSPS) is 14.1. The van der Waals surface area contributed by atoms with Crippen LogP contribution in [0.2, 0.25) is 0 Å². The van der Waals surface area contributed by atoms with Gasteiger partial charge in [0.15, 0.2) is 0 Å². The van der Waals surface area contributed by atoms with Crippen LogP contribution in [0.25, 0.3) is 0 Å². The summed E-state index contributed by atoms with van der Waals surface area (Å²) in [5.41, 5.74) is 1.76. The molecule has 0 aliphatic heterocycles. The Morgan fingerprint density at radius 2 is 1.83 bits per heavy atom. The third-order valence-electron chi connectivity index (χ3n) is 4.54. The number of alkyl halides is 3. The topological polar surface area (TPSA) is 76.7 Å². The fourth-order valence-corrected chi connectivity index (χ4v) is 4.74. The van der Waals surface area contributed by atoms with Crippen molar-refractivity contribution in [3.63, 3.8) is 0 Å². The van der Waals surface area contributed by atoms with Gasteiger partial charge in [0.05, 0.1) is 19.8 Å². The zero-order chi connectivity index (χ0) is 21.2. The van der Waals surface area contributed by atoms with Crippen molar-refractivity contribution in [1.82, 2.24) is 5.32 Å². The fourth-order valence-electron chi connectivity index (χ4n) is 3.11. The van der Waals surface area contributed by atoms with Crippen molar-refractivity contribution in [3.05, 3.63) is 45.8 Å². The molecule has 0 bridgehead atoms. The van der Waals surface area contributed by atoms with Gasteiger partial charge in [-0.1, -0.05) is 34.8 Å². The highest BCUT2D eigenvalue weighted by Crippen LogP contribution is 2.41. The predicted octanol–water partition coefficient (Wildman–Crippen LogP) is 4.57. The minimum Gasteiger partial charge on any atom is -0.497 e. The fraction of sp³-hybridized carbons (Fsp3) is 0.368. The molecule has 10 heteroatoms. The second-order valence-corrected chi connectivity index (χ2v) is 9.85. The van der Waals surface area contributed by atoms with Gasteiger partial charge in [-0.25, -0.2) is 4.79 Å². The first-order valence-corrected chi connectivity index (χ1v) is 10.7. The van der Waals surface area contributed by atoms with Crippen LogP contribution < -0.4 is 15.4 Å². The zero-order valence-corrected chi connectivity index (χ0v) is 18.8. The van der Waals surface area contributed by atoms with E-state index in [2.05, 4.69) is 10.6 Å². The Morgan fingerprint density at radius 3 is 2.41 bits per heavy atom. The Morgan fingerprint density at radius 1 is 1.14 bits per heavy atom. The molecule has 2 N–H and O–H groups in total. The van der Waals surface area contributed by atoms with Crippen LogP contribution in [0.5, 0.6) is 5.75 Å². The SMILES string of the molecule is COC(=O)c1c(N[C@H](NC(=O)c2ccc(OC)cc2)C(Cl)(Cl)Cl)sc2c1CCC2. The van der Waals surface area contributed by atoms with Crippen molar-refractivity contribution in [2.45, 2.75) is 29.2 Å². The number of anilines is 1. The minimum atomic E-state index is -1.87. The largest absolute Gasteiger partial charge is 0.497 e. The Hall–Kier alpha value is -1.67. The number of carbonyl (C=O) groups is 2. The average molecular weight is 478 g/mol. The number of aryl methyl sites for hydroxylation is 1. The smallest absolute Gasteiger partial charge is 0.341 e. The molecule has 0 spiro atoms. The number of rotatable bonds is 6. The molecule has 1 atom stereocenters. The molecule has 2 aromatic rings. The quantitative estimate of drug-likeness (QED) is 0.362. The van der Waals surface area contributed by atoms with Crippen LogP contribution in [-0.2, 0) is 17.6 Å². The molecule has 1 aliphatic carbocycles. The summed E-state index contributed by atoms with van der Waals surface area (Å²) in [5.74, 6) is -0.287. The number of hydrogen-bond acceptors (Lipinski definition) is 6. The molecule has 0 unspecified atom stereocenters. The predicted molar refractivity (Wildman–Crippen MR) is 116 cm³/mol. The van der Waals surface area contributed by atoms with E-state index in [1.165, 1.54) is 25.6 Å². The van der Waals surface area contributed by atoms with Gasteiger partial charge in [-0.05, 0) is 49.1 Å². The minimum absolute atomic E-state index is 0.369. The molecule has 0 radical (unpaired) electrons. The molecular weight excluding hydrogens is 459 g/mol. The lowest BCUT2D eigenvalue weighted by molar-refractivity contribution is 0.0601. The van der Waals surface area contributed by atoms with Gasteiger partial charge in [-0.3, -0.25) is 4.79 Å². The van der Waals surface area contributed by atoms with Crippen LogP contribution >= 0.6 is 46.1 Å². The van der Waals surface area contributed by atoms with E-state index in [-0.39, 0.29) is 0 Å². The van der Waals surface area contributed by atoms with Gasteiger partial charge in [0, 0.05) is 10.4 Å². The lowest BCUT2D eigenvalue weighted by Crippen LogP contribution is -2.49. The van der Waals surface area contributed by atoms with E-state index < -0.39 is 21.8 Å². The molecule has 6 nitrogen and oxygen atoms in total. The number of amides is 1. The van der Waals surface area contributed by atoms with Crippen molar-refractivity contribution in [2.24, 2.45) is 0 Å². The molecule has 29 heavy (non-hydrogen) atoms. The van der Waals surface area contributed by atoms with Crippen molar-refractivity contribution < 1.29 is 19.1 Å². The molecule has 1 aromatic heterocycles. The Balaban J connectivity index is 1.85. The van der Waals surface area contributed by atoms with E-state index in [1.807, 2.05) is 0 Å². The van der Waals surface area contributed by atoms with Gasteiger partial charge < -0.3 is 20.1 Å². The first-order valence-electron chi connectivity index (χ1n) is 8.75. The van der Waals surface area contributed by atoms with Gasteiger partial charge in [-0.15, -0.1) is 11.3 Å². The number of nitrogens with one attached hydrogen (secondary N) is 2. The van der Waals surface area contributed by atoms with Crippen LogP contribution in [0, 0.1) is 0 Å². The van der Waals surface area contributed by atoms with E-state index in [4.69, 9.17) is 44.3 Å². The number of halogens is 3. The first-order chi connectivity index (χ1) is 13.7. The van der Waals surface area contributed by atoms with Crippen molar-refractivity contribution in [2.75, 3.05) is 19.5 Å². The summed E-state index contributed by atoms with van der Waals surface area (Å²) in [4.78, 5) is 26.1. The van der Waals surface area contributed by atoms with E-state index in [9.17, 15) is 9.59 Å². The van der Waals surface area contributed by atoms with Crippen LogP contribution in [0.4, 0.5) is 5.00 Å². The lowest BCUT2D eigenvalue weighted by Gasteiger charge is -2.27. The molecule has 0 saturated heterocycles. The summed E-state index contributed by atoms with van der Waals surface area (Å²) in [7, 11) is 2.86. The number of thiophene rings is 1. The van der Waals surface area contributed by atoms with E-state index >= 15 is 0 Å². The Labute approximate surface area is 187 Å². The van der Waals surface area contributed by atoms with Crippen molar-refractivity contribution in [3.8, 4) is 5.75 Å². The standard InChI is InChI=1S/C19H19Cl3N2O4S/c1-27-11-8-6-10(7-9-11)15(25)23-18(19(20,21)22)24-16-14(17(26)28-2)12-4-3-5-13(12)29-16/h6-9,18,24H,3-5H2,1-2H3,(H,23,25)/t18-/m0/s1. The second-order valence-electron chi connectivity index (χ2n) is 6.37. The molecule has 156 valence electrons. The maximum absolute atomic E-state index is 12.6. The number of methoxy groups -OCH3 is 2. The van der Waals surface area contributed by atoms with Gasteiger partial charge in [-0.2, -0.15) is 0 Å². The molecule has 1 aliphatic rings. The van der Waals surface area contributed by atoms with E-state index in [0.717, 1.165) is 29.7 Å². The highest BCUT2D eigenvalue weighted by molar-refractivity contribution is 7.16. The number of hydrogen-bond donors (Lipinski definition) is 2. The maximum atomic E-state index is 12.6. The van der Waals surface area contributed by atoms with Gasteiger partial charge in [0.2, 0.25) is 3.79 Å². The highest BCUT2D eigenvalue weighted by Gasteiger charge is 2.37. The van der Waals surface area contributed by atoms with E-state index in [0.29, 0.717) is 21.9 Å². The van der Waals surface area contributed by atoms with Crippen LogP contribution in [0.1, 0.15) is 37.6 Å². The lowest BCUT2D eigenvalue weighted by atomic mass is 10.1. The number of fused-ring (bicyclic) bond motifs is 1. The first kappa shape index (κ1) is 22.0. The summed E-state index contributed by atoms with van der Waals surface area (Å²) in [6.45, 7) is 0. The van der Waals surface area contributed by atoms with Crippen molar-refractivity contribution in [1.29, 1.82) is 0 Å². The summed E-state index contributed by atoms with van der Waals surface area (Å²) < 4.78 is 8.15. The summed E-state index contributed by atoms with van der Waals surface area (Å²) >= 11 is 19.7. The molecule has 1 heterocycles. The molecule has 3 rings (SSSR count). The van der Waals surface area contributed by atoms with Gasteiger partial charge in [0.25, 0.3) is 5.91 Å². The Kier molecular flexibility index (Phi) is 6.83. The molecule has 1 aromatic carbocycles. The summed E-state index contributed by atoms with van der Waals surface area (Å²) in [5, 5.41) is 6.20.